The Morgan fingerprint density at radius 3 is 2.30 bits per heavy atom. The fraction of sp³-hybridized carbons (Fsp3) is 0.250. The first-order valence-electron chi connectivity index (χ1n) is 6.50. The predicted molar refractivity (Wildman–Crippen MR) is 86.0 cm³/mol. The van der Waals surface area contributed by atoms with E-state index in [4.69, 9.17) is 27.9 Å². The third-order valence-electron chi connectivity index (χ3n) is 2.77. The van der Waals surface area contributed by atoms with E-state index < -0.39 is 0 Å². The minimum atomic E-state index is 0.127. The lowest BCUT2D eigenvalue weighted by Gasteiger charge is -2.16. The lowest BCUT2D eigenvalue weighted by atomic mass is 10.2. The molecule has 4 heteroatoms. The summed E-state index contributed by atoms with van der Waals surface area (Å²) in [4.78, 5) is 0. The minimum Gasteiger partial charge on any atom is -0.489 e. The van der Waals surface area contributed by atoms with Gasteiger partial charge in [0, 0.05) is 22.2 Å². The van der Waals surface area contributed by atoms with Crippen LogP contribution in [0.1, 0.15) is 19.4 Å². The van der Waals surface area contributed by atoms with E-state index in [1.54, 1.807) is 0 Å². The van der Waals surface area contributed by atoms with Gasteiger partial charge in [-0.05, 0) is 38.1 Å². The van der Waals surface area contributed by atoms with E-state index >= 15 is 0 Å². The van der Waals surface area contributed by atoms with Crippen LogP contribution in [0.5, 0.6) is 5.75 Å². The standard InChI is InChI=1S/C16H17Cl2NO/c1-11(2)20-16-9-4-3-8-15(16)19-10-12-13(17)6-5-7-14(12)18/h3-9,11,19H,10H2,1-2H3. The highest BCUT2D eigenvalue weighted by atomic mass is 35.5. The molecule has 0 bridgehead atoms. The van der Waals surface area contributed by atoms with Crippen molar-refractivity contribution in [1.82, 2.24) is 0 Å². The number of para-hydroxylation sites is 2. The van der Waals surface area contributed by atoms with Crippen molar-refractivity contribution in [1.29, 1.82) is 0 Å². The Balaban J connectivity index is 2.15. The molecule has 2 aromatic carbocycles. The van der Waals surface area contributed by atoms with Crippen LogP contribution < -0.4 is 10.1 Å². The second kappa shape index (κ2) is 6.87. The summed E-state index contributed by atoms with van der Waals surface area (Å²) in [5.74, 6) is 0.825. The Kier molecular flexibility index (Phi) is 5.16. The molecule has 1 N–H and O–H groups in total. The van der Waals surface area contributed by atoms with Crippen LogP contribution in [-0.4, -0.2) is 6.10 Å². The number of hydrogen-bond acceptors (Lipinski definition) is 2. The first kappa shape index (κ1) is 15.0. The summed E-state index contributed by atoms with van der Waals surface area (Å²) in [7, 11) is 0. The van der Waals surface area contributed by atoms with Crippen LogP contribution in [0.3, 0.4) is 0 Å². The largest absolute Gasteiger partial charge is 0.489 e. The zero-order chi connectivity index (χ0) is 14.5. The van der Waals surface area contributed by atoms with Crippen LogP contribution in [0.15, 0.2) is 42.5 Å². The highest BCUT2D eigenvalue weighted by Crippen LogP contribution is 2.28. The van der Waals surface area contributed by atoms with Crippen molar-refractivity contribution in [2.24, 2.45) is 0 Å². The Bertz CT molecular complexity index is 564. The first-order chi connectivity index (χ1) is 9.58. The number of hydrogen-bond donors (Lipinski definition) is 1. The van der Waals surface area contributed by atoms with Gasteiger partial charge in [-0.25, -0.2) is 0 Å². The molecule has 2 nitrogen and oxygen atoms in total. The smallest absolute Gasteiger partial charge is 0.142 e. The fourth-order valence-corrected chi connectivity index (χ4v) is 2.39. The van der Waals surface area contributed by atoms with Crippen LogP contribution in [0, 0.1) is 0 Å². The maximum absolute atomic E-state index is 6.16. The highest BCUT2D eigenvalue weighted by Gasteiger charge is 2.08. The first-order valence-corrected chi connectivity index (χ1v) is 7.26. The summed E-state index contributed by atoms with van der Waals surface area (Å²) in [5.41, 5.74) is 1.81. The van der Waals surface area contributed by atoms with Gasteiger partial charge in [0.15, 0.2) is 0 Å². The van der Waals surface area contributed by atoms with Gasteiger partial charge < -0.3 is 10.1 Å². The van der Waals surface area contributed by atoms with E-state index in [0.717, 1.165) is 17.0 Å². The Morgan fingerprint density at radius 1 is 1.00 bits per heavy atom. The van der Waals surface area contributed by atoms with E-state index in [1.807, 2.05) is 56.3 Å². The second-order valence-corrected chi connectivity index (χ2v) is 5.53. The average molecular weight is 310 g/mol. The topological polar surface area (TPSA) is 21.3 Å². The molecular weight excluding hydrogens is 293 g/mol. The van der Waals surface area contributed by atoms with Crippen molar-refractivity contribution < 1.29 is 4.74 Å². The van der Waals surface area contributed by atoms with E-state index in [2.05, 4.69) is 5.32 Å². The quantitative estimate of drug-likeness (QED) is 0.799. The summed E-state index contributed by atoms with van der Waals surface area (Å²) in [6.07, 6.45) is 0.127. The molecule has 0 aromatic heterocycles. The van der Waals surface area contributed by atoms with E-state index in [-0.39, 0.29) is 6.10 Å². The zero-order valence-corrected chi connectivity index (χ0v) is 13.0. The lowest BCUT2D eigenvalue weighted by molar-refractivity contribution is 0.243. The molecule has 0 saturated heterocycles. The highest BCUT2D eigenvalue weighted by molar-refractivity contribution is 6.36. The monoisotopic (exact) mass is 309 g/mol. The normalized spacial score (nSPS) is 10.7. The number of nitrogens with one attached hydrogen (secondary N) is 1. The molecule has 0 unspecified atom stereocenters. The average Bonchev–Trinajstić information content (AvgIpc) is 2.39. The Hall–Kier alpha value is -1.38. The lowest BCUT2D eigenvalue weighted by Crippen LogP contribution is -2.09. The number of anilines is 1. The van der Waals surface area contributed by atoms with E-state index in [9.17, 15) is 0 Å². The van der Waals surface area contributed by atoms with Gasteiger partial charge in [-0.3, -0.25) is 0 Å². The SMILES string of the molecule is CC(C)Oc1ccccc1NCc1c(Cl)cccc1Cl. The molecule has 0 amide bonds. The van der Waals surface area contributed by atoms with E-state index in [1.165, 1.54) is 0 Å². The molecule has 0 radical (unpaired) electrons. The molecule has 106 valence electrons. The molecule has 0 fully saturated rings. The molecular formula is C16H17Cl2NO. The van der Waals surface area contributed by atoms with Gasteiger partial charge >= 0.3 is 0 Å². The van der Waals surface area contributed by atoms with Crippen molar-refractivity contribution in [3.05, 3.63) is 58.1 Å². The summed E-state index contributed by atoms with van der Waals surface area (Å²) in [6.45, 7) is 4.56. The third kappa shape index (κ3) is 3.81. The van der Waals surface area contributed by atoms with Crippen LogP contribution in [0.25, 0.3) is 0 Å². The number of benzene rings is 2. The van der Waals surface area contributed by atoms with Crippen molar-refractivity contribution in [3.8, 4) is 5.75 Å². The van der Waals surface area contributed by atoms with Crippen molar-refractivity contribution in [3.63, 3.8) is 0 Å². The van der Waals surface area contributed by atoms with Gasteiger partial charge in [0.25, 0.3) is 0 Å². The zero-order valence-electron chi connectivity index (χ0n) is 11.5. The van der Waals surface area contributed by atoms with Crippen molar-refractivity contribution >= 4 is 28.9 Å². The van der Waals surface area contributed by atoms with Crippen molar-refractivity contribution in [2.75, 3.05) is 5.32 Å². The summed E-state index contributed by atoms with van der Waals surface area (Å²) < 4.78 is 5.77. The van der Waals surface area contributed by atoms with Crippen LogP contribution in [0.2, 0.25) is 10.0 Å². The molecule has 2 rings (SSSR count). The Morgan fingerprint density at radius 2 is 1.65 bits per heavy atom. The fourth-order valence-electron chi connectivity index (χ4n) is 1.85. The molecule has 0 aliphatic carbocycles. The maximum Gasteiger partial charge on any atom is 0.142 e. The molecule has 20 heavy (non-hydrogen) atoms. The van der Waals surface area contributed by atoms with Gasteiger partial charge in [-0.15, -0.1) is 0 Å². The molecule has 2 aromatic rings. The summed E-state index contributed by atoms with van der Waals surface area (Å²) >= 11 is 12.3. The van der Waals surface area contributed by atoms with Gasteiger partial charge in [0.2, 0.25) is 0 Å². The molecule has 0 atom stereocenters. The van der Waals surface area contributed by atoms with Gasteiger partial charge in [0.05, 0.1) is 11.8 Å². The molecule has 0 aliphatic rings. The molecule has 0 aliphatic heterocycles. The number of halogens is 2. The van der Waals surface area contributed by atoms with Crippen molar-refractivity contribution in [2.45, 2.75) is 26.5 Å². The van der Waals surface area contributed by atoms with Gasteiger partial charge in [-0.1, -0.05) is 41.4 Å². The summed E-state index contributed by atoms with van der Waals surface area (Å²) in [6, 6.07) is 13.3. The number of rotatable bonds is 5. The minimum absolute atomic E-state index is 0.127. The molecule has 0 spiro atoms. The summed E-state index contributed by atoms with van der Waals surface area (Å²) in [5, 5.41) is 4.64. The van der Waals surface area contributed by atoms with Crippen LogP contribution >= 0.6 is 23.2 Å². The van der Waals surface area contributed by atoms with Crippen LogP contribution in [0.4, 0.5) is 5.69 Å². The molecule has 0 saturated carbocycles. The van der Waals surface area contributed by atoms with Crippen LogP contribution in [-0.2, 0) is 6.54 Å². The van der Waals surface area contributed by atoms with Gasteiger partial charge in [-0.2, -0.15) is 0 Å². The molecule has 0 heterocycles. The van der Waals surface area contributed by atoms with Gasteiger partial charge in [0.1, 0.15) is 5.75 Å². The Labute approximate surface area is 129 Å². The third-order valence-corrected chi connectivity index (χ3v) is 3.48. The predicted octanol–water partition coefficient (Wildman–Crippen LogP) is 5.39. The maximum atomic E-state index is 6.16. The number of ether oxygens (including phenoxy) is 1. The second-order valence-electron chi connectivity index (χ2n) is 4.72. The van der Waals surface area contributed by atoms with E-state index in [0.29, 0.717) is 16.6 Å².